The molecule has 2 aliphatic rings. The Labute approximate surface area is 195 Å². The number of nitrogen functional groups attached to an aromatic ring is 1. The van der Waals surface area contributed by atoms with Gasteiger partial charge in [0.2, 0.25) is 11.7 Å². The number of carbonyl (C=O) groups excluding carboxylic acids is 2. The number of ether oxygens (including phenoxy) is 3. The first-order valence-corrected chi connectivity index (χ1v) is 10.9. The molecule has 13 nitrogen and oxygen atoms in total. The SMILES string of the molecule is COCCN(CC#Cc1nc(N)c2ncn([C@@H]3O[C@H](C(=O)NC4CC4)CC3O)c2n1)C(=O)OC. The Balaban J connectivity index is 1.53. The predicted molar refractivity (Wildman–Crippen MR) is 118 cm³/mol. The fourth-order valence-corrected chi connectivity index (χ4v) is 3.55. The van der Waals surface area contributed by atoms with Crippen LogP contribution in [0.4, 0.5) is 10.6 Å². The third kappa shape index (κ3) is 5.19. The van der Waals surface area contributed by atoms with Gasteiger partial charge in [-0.1, -0.05) is 5.92 Å². The highest BCUT2D eigenvalue weighted by Gasteiger charge is 2.41. The van der Waals surface area contributed by atoms with Crippen molar-refractivity contribution in [1.82, 2.24) is 29.7 Å². The molecular weight excluding hydrogens is 446 g/mol. The molecule has 1 aliphatic heterocycles. The number of aliphatic hydroxyl groups excluding tert-OH is 1. The number of rotatable bonds is 7. The second-order valence-electron chi connectivity index (χ2n) is 8.04. The maximum atomic E-state index is 12.4. The number of methoxy groups -OCH3 is 2. The summed E-state index contributed by atoms with van der Waals surface area (Å²) in [5.41, 5.74) is 6.68. The molecule has 2 aromatic rings. The van der Waals surface area contributed by atoms with E-state index in [1.165, 1.54) is 30.0 Å². The molecule has 1 aliphatic carbocycles. The number of hydrogen-bond acceptors (Lipinski definition) is 10. The number of aliphatic hydroxyl groups is 1. The zero-order chi connectivity index (χ0) is 24.2. The van der Waals surface area contributed by atoms with Crippen LogP contribution in [0.3, 0.4) is 0 Å². The number of nitrogens with two attached hydrogens (primary N) is 1. The minimum atomic E-state index is -0.938. The molecule has 0 aromatic carbocycles. The summed E-state index contributed by atoms with van der Waals surface area (Å²) in [6.07, 6.45) is 0.403. The van der Waals surface area contributed by atoms with Gasteiger partial charge in [-0.2, -0.15) is 0 Å². The summed E-state index contributed by atoms with van der Waals surface area (Å²) in [4.78, 5) is 38.4. The highest BCUT2D eigenvalue weighted by Crippen LogP contribution is 2.32. The first kappa shape index (κ1) is 23.7. The number of hydrogen-bond donors (Lipinski definition) is 3. The van der Waals surface area contributed by atoms with Gasteiger partial charge in [0.05, 0.1) is 26.6 Å². The number of aromatic nitrogens is 4. The number of carbonyl (C=O) groups is 2. The lowest BCUT2D eigenvalue weighted by Gasteiger charge is -2.17. The Bertz CT molecular complexity index is 1120. The van der Waals surface area contributed by atoms with Gasteiger partial charge >= 0.3 is 6.09 Å². The van der Waals surface area contributed by atoms with Crippen LogP contribution in [-0.2, 0) is 19.0 Å². The van der Waals surface area contributed by atoms with Crippen LogP contribution in [0.1, 0.15) is 31.3 Å². The number of imidazole rings is 1. The molecule has 0 spiro atoms. The highest BCUT2D eigenvalue weighted by molar-refractivity contribution is 5.83. The van der Waals surface area contributed by atoms with E-state index in [-0.39, 0.29) is 36.6 Å². The lowest BCUT2D eigenvalue weighted by Crippen LogP contribution is -2.35. The van der Waals surface area contributed by atoms with Gasteiger partial charge < -0.3 is 30.4 Å². The first-order valence-electron chi connectivity index (χ1n) is 10.9. The van der Waals surface area contributed by atoms with Gasteiger partial charge in [0.1, 0.15) is 17.7 Å². The molecular formula is C21H27N7O6. The van der Waals surface area contributed by atoms with Crippen molar-refractivity contribution in [2.45, 2.75) is 43.7 Å². The fourth-order valence-electron chi connectivity index (χ4n) is 3.55. The van der Waals surface area contributed by atoms with Gasteiger partial charge in [-0.25, -0.2) is 19.7 Å². The number of amides is 2. The van der Waals surface area contributed by atoms with E-state index < -0.39 is 24.5 Å². The molecule has 182 valence electrons. The smallest absolute Gasteiger partial charge is 0.410 e. The Morgan fingerprint density at radius 2 is 2.18 bits per heavy atom. The van der Waals surface area contributed by atoms with E-state index in [9.17, 15) is 14.7 Å². The van der Waals surface area contributed by atoms with Gasteiger partial charge in [-0.3, -0.25) is 14.3 Å². The molecule has 0 bridgehead atoms. The van der Waals surface area contributed by atoms with E-state index in [0.29, 0.717) is 24.3 Å². The van der Waals surface area contributed by atoms with Crippen molar-refractivity contribution in [2.75, 3.05) is 39.6 Å². The second-order valence-corrected chi connectivity index (χ2v) is 8.04. The van der Waals surface area contributed by atoms with E-state index in [2.05, 4.69) is 32.1 Å². The van der Waals surface area contributed by atoms with Gasteiger partial charge in [0, 0.05) is 26.1 Å². The molecule has 3 heterocycles. The minimum Gasteiger partial charge on any atom is -0.453 e. The minimum absolute atomic E-state index is 0.0683. The van der Waals surface area contributed by atoms with Crippen LogP contribution in [0, 0.1) is 11.8 Å². The fraction of sp³-hybridized carbons (Fsp3) is 0.571. The summed E-state index contributed by atoms with van der Waals surface area (Å²) in [6.45, 7) is 0.701. The maximum absolute atomic E-state index is 12.4. The van der Waals surface area contributed by atoms with E-state index in [4.69, 9.17) is 19.9 Å². The third-order valence-electron chi connectivity index (χ3n) is 5.50. The largest absolute Gasteiger partial charge is 0.453 e. The number of fused-ring (bicyclic) bond motifs is 1. The number of nitrogens with one attached hydrogen (secondary N) is 1. The van der Waals surface area contributed by atoms with Crippen molar-refractivity contribution in [1.29, 1.82) is 0 Å². The predicted octanol–water partition coefficient (Wildman–Crippen LogP) is -0.598. The molecule has 2 aromatic heterocycles. The summed E-state index contributed by atoms with van der Waals surface area (Å²) >= 11 is 0. The molecule has 0 radical (unpaired) electrons. The quantitative estimate of drug-likeness (QED) is 0.442. The van der Waals surface area contributed by atoms with Crippen molar-refractivity contribution in [3.63, 3.8) is 0 Å². The average molecular weight is 473 g/mol. The number of anilines is 1. The highest BCUT2D eigenvalue weighted by atomic mass is 16.5. The van der Waals surface area contributed by atoms with Crippen LogP contribution >= 0.6 is 0 Å². The summed E-state index contributed by atoms with van der Waals surface area (Å²) in [5, 5.41) is 13.4. The summed E-state index contributed by atoms with van der Waals surface area (Å²) in [7, 11) is 2.82. The lowest BCUT2D eigenvalue weighted by molar-refractivity contribution is -0.134. The van der Waals surface area contributed by atoms with E-state index >= 15 is 0 Å². The zero-order valence-corrected chi connectivity index (χ0v) is 18.9. The van der Waals surface area contributed by atoms with Crippen molar-refractivity contribution in [3.05, 3.63) is 12.2 Å². The molecule has 2 fully saturated rings. The van der Waals surface area contributed by atoms with Crippen molar-refractivity contribution >= 4 is 29.0 Å². The monoisotopic (exact) mass is 473 g/mol. The Kier molecular flexibility index (Phi) is 7.11. The Morgan fingerprint density at radius 3 is 2.88 bits per heavy atom. The topological polar surface area (TPSA) is 167 Å². The molecule has 1 unspecified atom stereocenters. The number of nitrogens with zero attached hydrogens (tertiary/aromatic N) is 5. The Morgan fingerprint density at radius 1 is 1.38 bits per heavy atom. The average Bonchev–Trinajstić information content (AvgIpc) is 3.39. The van der Waals surface area contributed by atoms with E-state index in [0.717, 1.165) is 12.8 Å². The Hall–Kier alpha value is -3.47. The lowest BCUT2D eigenvalue weighted by atomic mass is 10.2. The molecule has 4 N–H and O–H groups in total. The van der Waals surface area contributed by atoms with Crippen molar-refractivity contribution < 1.29 is 28.9 Å². The van der Waals surface area contributed by atoms with E-state index in [1.54, 1.807) is 0 Å². The first-order chi connectivity index (χ1) is 16.4. The molecule has 34 heavy (non-hydrogen) atoms. The molecule has 13 heteroatoms. The van der Waals surface area contributed by atoms with Crippen molar-refractivity contribution in [2.24, 2.45) is 0 Å². The molecule has 1 saturated carbocycles. The second kappa shape index (κ2) is 10.2. The third-order valence-corrected chi connectivity index (χ3v) is 5.50. The van der Waals surface area contributed by atoms with Crippen LogP contribution in [-0.4, -0.2) is 93.7 Å². The molecule has 3 atom stereocenters. The zero-order valence-electron chi connectivity index (χ0n) is 18.9. The van der Waals surface area contributed by atoms with Gasteiger partial charge in [-0.15, -0.1) is 0 Å². The van der Waals surface area contributed by atoms with Crippen LogP contribution in [0.2, 0.25) is 0 Å². The van der Waals surface area contributed by atoms with Gasteiger partial charge in [0.15, 0.2) is 17.7 Å². The normalized spacial score (nSPS) is 21.7. The maximum Gasteiger partial charge on any atom is 0.410 e. The summed E-state index contributed by atoms with van der Waals surface area (Å²) in [5.74, 6) is 5.59. The van der Waals surface area contributed by atoms with Crippen LogP contribution in [0.5, 0.6) is 0 Å². The van der Waals surface area contributed by atoms with Crippen LogP contribution in [0.15, 0.2) is 6.33 Å². The summed E-state index contributed by atoms with van der Waals surface area (Å²) < 4.78 is 17.1. The summed E-state index contributed by atoms with van der Waals surface area (Å²) in [6, 6.07) is 0.194. The van der Waals surface area contributed by atoms with Crippen molar-refractivity contribution in [3.8, 4) is 11.8 Å². The van der Waals surface area contributed by atoms with Crippen LogP contribution in [0.25, 0.3) is 11.2 Å². The molecule has 4 rings (SSSR count). The standard InChI is InChI=1S/C21H27N7O6/c1-32-9-8-27(21(31)33-2)7-3-4-15-25-17(22)16-18(26-15)28(11-23-16)20-13(29)10-14(34-20)19(30)24-12-5-6-12/h11-14,20,29H,5-10H2,1-2H3,(H,24,30)(H2,22,25,26)/t13?,14-,20+/m0/s1. The van der Waals surface area contributed by atoms with Gasteiger partial charge in [0.25, 0.3) is 0 Å². The van der Waals surface area contributed by atoms with E-state index in [1.807, 2.05) is 0 Å². The molecule has 2 amide bonds. The molecule has 1 saturated heterocycles. The van der Waals surface area contributed by atoms with Crippen LogP contribution < -0.4 is 11.1 Å². The van der Waals surface area contributed by atoms with Gasteiger partial charge in [-0.05, 0) is 18.8 Å².